The Balaban J connectivity index is 2.55. The minimum atomic E-state index is -5.17. The van der Waals surface area contributed by atoms with E-state index in [1.165, 1.54) is 19.3 Å². The molecule has 0 saturated heterocycles. The van der Waals surface area contributed by atoms with Crippen LogP contribution in [0.4, 0.5) is 0 Å². The molecule has 7 N–H and O–H groups in total. The highest BCUT2D eigenvalue weighted by Crippen LogP contribution is 2.47. The van der Waals surface area contributed by atoms with Crippen LogP contribution in [0.2, 0.25) is 0 Å². The topological polar surface area (TPSA) is 230 Å². The van der Waals surface area contributed by atoms with Gasteiger partial charge in [0.25, 0.3) is 0 Å². The van der Waals surface area contributed by atoms with E-state index < -0.39 is 81.8 Å². The van der Waals surface area contributed by atoms with E-state index in [-0.39, 0.29) is 12.8 Å². The molecule has 0 aromatic carbocycles. The number of aliphatic hydroxyl groups is 6. The lowest BCUT2D eigenvalue weighted by atomic mass is 9.85. The summed E-state index contributed by atoms with van der Waals surface area (Å²) in [6.45, 7) is 2.99. The fourth-order valence-electron chi connectivity index (χ4n) is 6.33. The van der Waals surface area contributed by atoms with Crippen LogP contribution < -0.4 is 0 Å². The van der Waals surface area contributed by atoms with Crippen LogP contribution in [0.15, 0.2) is 109 Å². The van der Waals surface area contributed by atoms with Gasteiger partial charge in [-0.15, -0.1) is 0 Å². The highest BCUT2D eigenvalue weighted by atomic mass is 31.2. The maximum atomic E-state index is 12.8. The molecule has 14 nitrogen and oxygen atoms in total. The minimum Gasteiger partial charge on any atom is -0.462 e. The Hall–Kier alpha value is -3.53. The van der Waals surface area contributed by atoms with Crippen LogP contribution in [0.25, 0.3) is 0 Å². The number of ether oxygens (including phenoxy) is 2. The highest BCUT2D eigenvalue weighted by Gasteiger charge is 2.51. The molecule has 1 saturated carbocycles. The fourth-order valence-corrected chi connectivity index (χ4v) is 7.30. The average Bonchev–Trinajstić information content (AvgIpc) is 3.29. The fraction of sp³-hybridized carbons (Fsp3) is 0.608. The molecule has 1 aliphatic rings. The summed E-state index contributed by atoms with van der Waals surface area (Å²) in [5.41, 5.74) is 0. The Kier molecular flexibility index (Phi) is 36.2. The van der Waals surface area contributed by atoms with Crippen molar-refractivity contribution in [2.45, 2.75) is 185 Å². The van der Waals surface area contributed by atoms with Gasteiger partial charge in [0.2, 0.25) is 0 Å². The second-order valence-electron chi connectivity index (χ2n) is 16.1. The van der Waals surface area contributed by atoms with Gasteiger partial charge in [0.15, 0.2) is 6.10 Å². The second kappa shape index (κ2) is 39.5. The summed E-state index contributed by atoms with van der Waals surface area (Å²) in [5, 5.41) is 60.3. The van der Waals surface area contributed by atoms with Gasteiger partial charge < -0.3 is 45.0 Å². The van der Waals surface area contributed by atoms with E-state index in [0.29, 0.717) is 32.1 Å². The summed E-state index contributed by atoms with van der Waals surface area (Å²) in [7, 11) is -5.17. The monoisotopic (exact) mass is 949 g/mol. The molecule has 15 heteroatoms. The van der Waals surface area contributed by atoms with Crippen LogP contribution in [-0.2, 0) is 32.7 Å². The molecule has 66 heavy (non-hydrogen) atoms. The number of aliphatic hydroxyl groups excluding tert-OH is 6. The van der Waals surface area contributed by atoms with Crippen molar-refractivity contribution in [2.24, 2.45) is 0 Å². The minimum absolute atomic E-state index is 0.0258. The van der Waals surface area contributed by atoms with E-state index in [0.717, 1.165) is 57.8 Å². The van der Waals surface area contributed by atoms with Crippen LogP contribution in [0.1, 0.15) is 136 Å². The SMILES string of the molecule is CC/C=C\C/C=C\C/C=C\C/C=C\C/C=C\CCCCCC(=O)O[C@H](COC(=O)CCC/C=C/C/C=C\C[C@H](O)/C=C\C=C/CCCCC)COP(=O)(O)OC1[C@H](O)[C@H](O)C(O)[C@H](O)[C@H]1O. The molecule has 1 fully saturated rings. The van der Waals surface area contributed by atoms with E-state index in [4.69, 9.17) is 18.5 Å². The van der Waals surface area contributed by atoms with E-state index >= 15 is 0 Å². The van der Waals surface area contributed by atoms with Gasteiger partial charge in [-0.1, -0.05) is 142 Å². The third-order valence-electron chi connectivity index (χ3n) is 10.2. The van der Waals surface area contributed by atoms with Crippen molar-refractivity contribution in [1.29, 1.82) is 0 Å². The molecular weight excluding hydrogens is 868 g/mol. The predicted molar refractivity (Wildman–Crippen MR) is 259 cm³/mol. The van der Waals surface area contributed by atoms with Gasteiger partial charge in [-0.05, 0) is 89.9 Å². The van der Waals surface area contributed by atoms with Crippen LogP contribution >= 0.6 is 7.82 Å². The molecule has 0 heterocycles. The quantitative estimate of drug-likeness (QED) is 0.0102. The standard InChI is InChI=1S/C51H81O14P/c1-3-5-7-9-11-12-13-14-15-16-17-18-19-20-21-22-26-31-35-39-45(54)64-43(41-63-66(60,61)65-51-49(58)47(56)46(55)48(57)50(51)59)40-62-44(53)38-34-30-27-23-25-29-33-37-42(52)36-32-28-24-10-8-6-4-2/h5,7,11-12,14-15,17-18,20-21,23-24,27-29,32-33,36,42-43,46-52,55-59H,3-4,6,8-10,13,16,19,22,25-26,30-31,34-35,37-41H2,1-2H3,(H,60,61)/b7-5-,12-11-,15-14-,18-17-,21-20-,27-23+,28-24-,33-29-,36-32-/t42-,43-,46?,47-,48+,49-,50-,51?/m1/s1. The zero-order valence-corrected chi connectivity index (χ0v) is 40.2. The molecule has 0 radical (unpaired) electrons. The molecule has 0 aromatic heterocycles. The van der Waals surface area contributed by atoms with Crippen molar-refractivity contribution in [1.82, 2.24) is 0 Å². The summed E-state index contributed by atoms with van der Waals surface area (Å²) < 4.78 is 33.4. The Morgan fingerprint density at radius 3 is 1.65 bits per heavy atom. The Morgan fingerprint density at radius 2 is 1.06 bits per heavy atom. The number of esters is 2. The van der Waals surface area contributed by atoms with Gasteiger partial charge in [-0.2, -0.15) is 0 Å². The highest BCUT2D eigenvalue weighted by molar-refractivity contribution is 7.47. The zero-order valence-electron chi connectivity index (χ0n) is 39.3. The van der Waals surface area contributed by atoms with Gasteiger partial charge in [-0.25, -0.2) is 4.57 Å². The van der Waals surface area contributed by atoms with Crippen molar-refractivity contribution >= 4 is 19.8 Å². The van der Waals surface area contributed by atoms with E-state index in [2.05, 4.69) is 80.7 Å². The van der Waals surface area contributed by atoms with Gasteiger partial charge in [-0.3, -0.25) is 18.6 Å². The van der Waals surface area contributed by atoms with Crippen molar-refractivity contribution in [3.05, 3.63) is 109 Å². The van der Waals surface area contributed by atoms with E-state index in [1.807, 2.05) is 36.5 Å². The molecule has 0 aliphatic heterocycles. The summed E-state index contributed by atoms with van der Waals surface area (Å²) in [6, 6.07) is 0. The maximum absolute atomic E-state index is 12.8. The molecule has 0 amide bonds. The largest absolute Gasteiger partial charge is 0.472 e. The number of allylic oxidation sites excluding steroid dienone is 16. The lowest BCUT2D eigenvalue weighted by Crippen LogP contribution is -2.64. The first kappa shape index (κ1) is 60.5. The van der Waals surface area contributed by atoms with Crippen LogP contribution in [0.5, 0.6) is 0 Å². The molecule has 374 valence electrons. The number of phosphoric ester groups is 1. The summed E-state index contributed by atoms with van der Waals surface area (Å²) in [4.78, 5) is 35.7. The van der Waals surface area contributed by atoms with Crippen molar-refractivity contribution in [3.63, 3.8) is 0 Å². The lowest BCUT2D eigenvalue weighted by Gasteiger charge is -2.41. The molecule has 1 rings (SSSR count). The predicted octanol–water partition coefficient (Wildman–Crippen LogP) is 8.58. The number of phosphoric acid groups is 1. The lowest BCUT2D eigenvalue weighted by molar-refractivity contribution is -0.220. The summed E-state index contributed by atoms with van der Waals surface area (Å²) in [6.07, 6.45) is 37.3. The Morgan fingerprint density at radius 1 is 0.561 bits per heavy atom. The van der Waals surface area contributed by atoms with Gasteiger partial charge in [0.1, 0.15) is 43.2 Å². The Labute approximate surface area is 394 Å². The van der Waals surface area contributed by atoms with Gasteiger partial charge in [0, 0.05) is 12.8 Å². The van der Waals surface area contributed by atoms with Crippen molar-refractivity contribution in [3.8, 4) is 0 Å². The number of carbonyl (C=O) groups excluding carboxylic acids is 2. The average molecular weight is 949 g/mol. The number of unbranched alkanes of at least 4 members (excludes halogenated alkanes) is 7. The molecule has 0 aromatic rings. The normalized spacial score (nSPS) is 22.7. The van der Waals surface area contributed by atoms with Crippen molar-refractivity contribution in [2.75, 3.05) is 13.2 Å². The molecule has 1 aliphatic carbocycles. The molecule has 3 unspecified atom stereocenters. The smallest absolute Gasteiger partial charge is 0.462 e. The zero-order chi connectivity index (χ0) is 48.7. The first-order chi connectivity index (χ1) is 31.8. The number of hydrogen-bond donors (Lipinski definition) is 7. The molecular formula is C51H81O14P. The molecule has 0 bridgehead atoms. The summed E-state index contributed by atoms with van der Waals surface area (Å²) >= 11 is 0. The third-order valence-corrected chi connectivity index (χ3v) is 11.2. The van der Waals surface area contributed by atoms with E-state index in [1.54, 1.807) is 6.08 Å². The first-order valence-electron chi connectivity index (χ1n) is 23.8. The number of hydrogen-bond acceptors (Lipinski definition) is 13. The summed E-state index contributed by atoms with van der Waals surface area (Å²) in [5.74, 6) is -1.26. The van der Waals surface area contributed by atoms with Crippen LogP contribution in [-0.4, -0.2) is 110 Å². The number of rotatable bonds is 37. The molecule has 9 atom stereocenters. The van der Waals surface area contributed by atoms with E-state index in [9.17, 15) is 49.7 Å². The molecule has 0 spiro atoms. The van der Waals surface area contributed by atoms with Crippen LogP contribution in [0.3, 0.4) is 0 Å². The number of carbonyl (C=O) groups is 2. The maximum Gasteiger partial charge on any atom is 0.472 e. The first-order valence-corrected chi connectivity index (χ1v) is 25.3. The van der Waals surface area contributed by atoms with Gasteiger partial charge >= 0.3 is 19.8 Å². The van der Waals surface area contributed by atoms with Crippen LogP contribution in [0, 0.1) is 0 Å². The second-order valence-corrected chi connectivity index (χ2v) is 17.5. The Bertz CT molecular complexity index is 1580. The van der Waals surface area contributed by atoms with Crippen molar-refractivity contribution < 1.29 is 68.2 Å². The van der Waals surface area contributed by atoms with Gasteiger partial charge in [0.05, 0.1) is 12.7 Å². The third kappa shape index (κ3) is 31.4.